The van der Waals surface area contributed by atoms with Gasteiger partial charge in [0, 0.05) is 6.42 Å². The van der Waals surface area contributed by atoms with Gasteiger partial charge in [-0.15, -0.1) is 0 Å². The highest BCUT2D eigenvalue weighted by Gasteiger charge is 2.24. The lowest BCUT2D eigenvalue weighted by atomic mass is 10.0. The third-order valence-corrected chi connectivity index (χ3v) is 12.8. The van der Waals surface area contributed by atoms with Crippen LogP contribution in [0.1, 0.15) is 239 Å². The minimum atomic E-state index is -4.58. The summed E-state index contributed by atoms with van der Waals surface area (Å²) in [5.74, 6) is -0.187. The fourth-order valence-electron chi connectivity index (χ4n) is 7.68. The molecule has 8 nitrogen and oxygen atoms in total. The SMILES string of the molecule is CC/C=C\C/C=C\C/C=C\C/C=C\CCCCCCC(=O)NC(COP(=O)([O-])OCC[N+](C)(C)C)C(O)CCCCCCCCCCCCCCCCCCCCCCCCCC. The van der Waals surface area contributed by atoms with Gasteiger partial charge in [0.25, 0.3) is 7.82 Å². The van der Waals surface area contributed by atoms with Crippen molar-refractivity contribution in [2.45, 2.75) is 251 Å². The van der Waals surface area contributed by atoms with Crippen LogP contribution in [0.4, 0.5) is 0 Å². The van der Waals surface area contributed by atoms with E-state index in [4.69, 9.17) is 9.05 Å². The molecule has 3 unspecified atom stereocenters. The Labute approximate surface area is 390 Å². The number of hydrogen-bond acceptors (Lipinski definition) is 6. The number of carbonyl (C=O) groups is 1. The minimum absolute atomic E-state index is 0.00563. The van der Waals surface area contributed by atoms with E-state index in [1.165, 1.54) is 135 Å². The number of phosphoric ester groups is 1. The molecule has 63 heavy (non-hydrogen) atoms. The molecule has 0 saturated carbocycles. The first-order valence-corrected chi connectivity index (χ1v) is 27.9. The highest BCUT2D eigenvalue weighted by Crippen LogP contribution is 2.38. The summed E-state index contributed by atoms with van der Waals surface area (Å²) in [6.45, 7) is 4.60. The molecule has 0 aromatic heterocycles. The number of likely N-dealkylation sites (N-methyl/N-ethyl adjacent to an activating group) is 1. The second-order valence-electron chi connectivity index (χ2n) is 19.2. The molecule has 0 aliphatic rings. The summed E-state index contributed by atoms with van der Waals surface area (Å²) in [5, 5.41) is 14.0. The van der Waals surface area contributed by atoms with Crippen molar-refractivity contribution in [3.05, 3.63) is 48.6 Å². The average molecular weight is 907 g/mol. The zero-order valence-electron chi connectivity index (χ0n) is 42.0. The van der Waals surface area contributed by atoms with Crippen LogP contribution in [-0.4, -0.2) is 68.5 Å². The molecule has 1 amide bonds. The van der Waals surface area contributed by atoms with Gasteiger partial charge in [0.05, 0.1) is 39.9 Å². The Kier molecular flexibility index (Phi) is 44.5. The van der Waals surface area contributed by atoms with E-state index in [-0.39, 0.29) is 19.1 Å². The standard InChI is InChI=1S/C54H103N2O6P/c1-6-8-10-12-14-16-18-20-22-24-25-26-27-28-29-30-32-33-35-37-39-41-43-45-47-53(57)52(51-62-63(59,60)61-50-49-56(3,4)5)55-54(58)48-46-44-42-40-38-36-34-31-23-21-19-17-15-13-11-9-7-2/h9,11,15,17,21,23,34,36,52-53,57H,6-8,10,12-14,16,18-20,22,24-33,35,37-51H2,1-5H3,(H-,55,58,59,60)/b11-9-,17-15-,23-21-,36-34-. The number of rotatable bonds is 48. The predicted octanol–water partition coefficient (Wildman–Crippen LogP) is 15.0. The highest BCUT2D eigenvalue weighted by molar-refractivity contribution is 7.45. The molecule has 0 rings (SSSR count). The Morgan fingerprint density at radius 2 is 0.968 bits per heavy atom. The number of quaternary nitrogens is 1. The van der Waals surface area contributed by atoms with E-state index in [0.29, 0.717) is 23.9 Å². The summed E-state index contributed by atoms with van der Waals surface area (Å²) in [4.78, 5) is 25.4. The molecule has 0 aliphatic carbocycles. The van der Waals surface area contributed by atoms with Crippen LogP contribution in [0.2, 0.25) is 0 Å². The van der Waals surface area contributed by atoms with Crippen molar-refractivity contribution in [1.29, 1.82) is 0 Å². The third kappa shape index (κ3) is 48.2. The molecule has 2 N–H and O–H groups in total. The highest BCUT2D eigenvalue weighted by atomic mass is 31.2. The molecule has 0 saturated heterocycles. The fraction of sp³-hybridized carbons (Fsp3) is 0.833. The van der Waals surface area contributed by atoms with E-state index in [1.54, 1.807) is 0 Å². The van der Waals surface area contributed by atoms with Gasteiger partial charge < -0.3 is 28.8 Å². The first-order chi connectivity index (χ1) is 30.5. The van der Waals surface area contributed by atoms with Crippen LogP contribution in [0.3, 0.4) is 0 Å². The average Bonchev–Trinajstić information content (AvgIpc) is 3.24. The molecule has 0 bridgehead atoms. The summed E-state index contributed by atoms with van der Waals surface area (Å²) in [7, 11) is 1.29. The lowest BCUT2D eigenvalue weighted by Gasteiger charge is -2.30. The van der Waals surface area contributed by atoms with Crippen LogP contribution in [0, 0.1) is 0 Å². The number of allylic oxidation sites excluding steroid dienone is 8. The molecule has 0 heterocycles. The summed E-state index contributed by atoms with van der Waals surface area (Å²) in [6, 6.07) is -0.815. The molecule has 0 spiro atoms. The van der Waals surface area contributed by atoms with Crippen molar-refractivity contribution in [3.63, 3.8) is 0 Å². The van der Waals surface area contributed by atoms with E-state index in [9.17, 15) is 19.4 Å². The van der Waals surface area contributed by atoms with Crippen molar-refractivity contribution in [2.24, 2.45) is 0 Å². The Morgan fingerprint density at radius 1 is 0.571 bits per heavy atom. The largest absolute Gasteiger partial charge is 0.756 e. The van der Waals surface area contributed by atoms with Gasteiger partial charge in [-0.1, -0.05) is 229 Å². The predicted molar refractivity (Wildman–Crippen MR) is 270 cm³/mol. The molecule has 0 radical (unpaired) electrons. The van der Waals surface area contributed by atoms with Gasteiger partial charge in [-0.25, -0.2) is 0 Å². The molecular formula is C54H103N2O6P. The molecule has 0 aromatic rings. The lowest BCUT2D eigenvalue weighted by Crippen LogP contribution is -2.46. The Bertz CT molecular complexity index is 1170. The van der Waals surface area contributed by atoms with Crippen molar-refractivity contribution < 1.29 is 32.9 Å². The van der Waals surface area contributed by atoms with E-state index in [1.807, 2.05) is 21.1 Å². The summed E-state index contributed by atoms with van der Waals surface area (Å²) in [5.41, 5.74) is 0. The number of phosphoric acid groups is 1. The lowest BCUT2D eigenvalue weighted by molar-refractivity contribution is -0.870. The van der Waals surface area contributed by atoms with Crippen LogP contribution in [0.5, 0.6) is 0 Å². The molecule has 0 fully saturated rings. The van der Waals surface area contributed by atoms with Gasteiger partial charge in [-0.2, -0.15) is 0 Å². The van der Waals surface area contributed by atoms with Crippen LogP contribution < -0.4 is 10.2 Å². The van der Waals surface area contributed by atoms with Crippen LogP contribution in [0.15, 0.2) is 48.6 Å². The van der Waals surface area contributed by atoms with Crippen LogP contribution in [0.25, 0.3) is 0 Å². The number of amides is 1. The van der Waals surface area contributed by atoms with Crippen molar-refractivity contribution >= 4 is 13.7 Å². The molecule has 3 atom stereocenters. The monoisotopic (exact) mass is 907 g/mol. The second-order valence-corrected chi connectivity index (χ2v) is 20.6. The van der Waals surface area contributed by atoms with Crippen molar-refractivity contribution in [1.82, 2.24) is 5.32 Å². The van der Waals surface area contributed by atoms with E-state index in [0.717, 1.165) is 77.0 Å². The Balaban J connectivity index is 4.24. The maximum Gasteiger partial charge on any atom is 0.268 e. The molecule has 370 valence electrons. The maximum absolute atomic E-state index is 12.9. The number of nitrogens with zero attached hydrogens (tertiary/aromatic N) is 1. The second kappa shape index (κ2) is 45.6. The zero-order valence-corrected chi connectivity index (χ0v) is 42.9. The molecule has 0 aromatic carbocycles. The van der Waals surface area contributed by atoms with Gasteiger partial charge >= 0.3 is 0 Å². The quantitative estimate of drug-likeness (QED) is 0.0272. The maximum atomic E-state index is 12.9. The number of hydrogen-bond donors (Lipinski definition) is 2. The van der Waals surface area contributed by atoms with Gasteiger partial charge in [0.15, 0.2) is 0 Å². The number of carbonyl (C=O) groups excluding carboxylic acids is 1. The number of aliphatic hydroxyl groups excluding tert-OH is 1. The van der Waals surface area contributed by atoms with E-state index < -0.39 is 20.0 Å². The fourth-order valence-corrected chi connectivity index (χ4v) is 8.40. The Morgan fingerprint density at radius 3 is 1.41 bits per heavy atom. The van der Waals surface area contributed by atoms with Gasteiger partial charge in [-0.3, -0.25) is 9.36 Å². The van der Waals surface area contributed by atoms with Crippen molar-refractivity contribution in [3.8, 4) is 0 Å². The summed E-state index contributed by atoms with van der Waals surface area (Å²) in [6.07, 6.45) is 58.5. The smallest absolute Gasteiger partial charge is 0.268 e. The zero-order chi connectivity index (χ0) is 46.4. The summed E-state index contributed by atoms with van der Waals surface area (Å²) >= 11 is 0. The van der Waals surface area contributed by atoms with Crippen molar-refractivity contribution in [2.75, 3.05) is 40.9 Å². The number of unbranched alkanes of at least 4 members (excludes halogenated alkanes) is 27. The van der Waals surface area contributed by atoms with E-state index >= 15 is 0 Å². The van der Waals surface area contributed by atoms with Gasteiger partial charge in [-0.05, 0) is 51.4 Å². The normalized spacial score (nSPS) is 14.5. The Hall–Kier alpha value is -1.54. The number of aliphatic hydroxyl groups is 1. The van der Waals surface area contributed by atoms with Crippen LogP contribution in [-0.2, 0) is 18.4 Å². The first-order valence-electron chi connectivity index (χ1n) is 26.5. The van der Waals surface area contributed by atoms with Gasteiger partial charge in [0.2, 0.25) is 5.91 Å². The minimum Gasteiger partial charge on any atom is -0.756 e. The van der Waals surface area contributed by atoms with E-state index in [2.05, 4.69) is 67.8 Å². The molecule has 0 aliphatic heterocycles. The third-order valence-electron chi connectivity index (χ3n) is 11.8. The number of nitrogens with one attached hydrogen (secondary N) is 1. The topological polar surface area (TPSA) is 108 Å². The van der Waals surface area contributed by atoms with Gasteiger partial charge in [0.1, 0.15) is 13.2 Å². The molecular weight excluding hydrogens is 804 g/mol. The molecule has 9 heteroatoms. The van der Waals surface area contributed by atoms with Crippen LogP contribution >= 0.6 is 7.82 Å². The summed E-state index contributed by atoms with van der Waals surface area (Å²) < 4.78 is 23.4. The first kappa shape index (κ1) is 61.5.